The van der Waals surface area contributed by atoms with Crippen molar-refractivity contribution < 1.29 is 14.3 Å². The minimum Gasteiger partial charge on any atom is -0.467 e. The number of esters is 1. The molecule has 0 bridgehead atoms. The smallest absolute Gasteiger partial charge is 0.330 e. The van der Waals surface area contributed by atoms with Gasteiger partial charge in [0.15, 0.2) is 0 Å². The summed E-state index contributed by atoms with van der Waals surface area (Å²) in [7, 11) is 1.29. The van der Waals surface area contributed by atoms with E-state index in [-0.39, 0.29) is 11.8 Å². The van der Waals surface area contributed by atoms with E-state index < -0.39 is 11.5 Å². The molecule has 1 atom stereocenters. The number of hydrogen-bond donors (Lipinski definition) is 2. The maximum absolute atomic E-state index is 11.5. The fraction of sp³-hybridized carbons (Fsp3) is 0.800. The van der Waals surface area contributed by atoms with Crippen LogP contribution < -0.4 is 11.1 Å². The third-order valence-corrected chi connectivity index (χ3v) is 2.08. The van der Waals surface area contributed by atoms with Crippen LogP contribution in [0.4, 0.5) is 0 Å². The highest BCUT2D eigenvalue weighted by Crippen LogP contribution is 2.07. The van der Waals surface area contributed by atoms with Crippen LogP contribution in [0.15, 0.2) is 0 Å². The number of nitrogens with two attached hydrogens (primary N) is 1. The van der Waals surface area contributed by atoms with Crippen LogP contribution in [-0.2, 0) is 14.3 Å². The van der Waals surface area contributed by atoms with Crippen LogP contribution in [0.5, 0.6) is 0 Å². The molecule has 5 nitrogen and oxygen atoms in total. The molecule has 5 heteroatoms. The zero-order valence-corrected chi connectivity index (χ0v) is 9.79. The van der Waals surface area contributed by atoms with Crippen LogP contribution in [0.2, 0.25) is 0 Å². The Morgan fingerprint density at radius 3 is 2.40 bits per heavy atom. The van der Waals surface area contributed by atoms with E-state index in [0.29, 0.717) is 13.0 Å². The number of hydrogen-bond acceptors (Lipinski definition) is 4. The van der Waals surface area contributed by atoms with Crippen molar-refractivity contribution in [2.75, 3.05) is 13.7 Å². The van der Waals surface area contributed by atoms with E-state index >= 15 is 0 Å². The van der Waals surface area contributed by atoms with Crippen molar-refractivity contribution in [1.82, 2.24) is 5.32 Å². The standard InChI is InChI=1S/C10H20N2O3/c1-7(6-11)5-8(13)12-10(2,3)9(14)15-4/h7H,5-6,11H2,1-4H3,(H,12,13). The molecule has 0 aliphatic rings. The first-order valence-electron chi connectivity index (χ1n) is 4.93. The van der Waals surface area contributed by atoms with E-state index in [2.05, 4.69) is 10.1 Å². The van der Waals surface area contributed by atoms with Crippen molar-refractivity contribution in [3.63, 3.8) is 0 Å². The molecule has 0 fully saturated rings. The Hall–Kier alpha value is -1.10. The second-order valence-electron chi connectivity index (χ2n) is 4.21. The Bertz CT molecular complexity index is 239. The molecule has 0 aromatic carbocycles. The molecular weight excluding hydrogens is 196 g/mol. The van der Waals surface area contributed by atoms with E-state index in [0.717, 1.165) is 0 Å². The summed E-state index contributed by atoms with van der Waals surface area (Å²) in [5.74, 6) is -0.543. The van der Waals surface area contributed by atoms with Crippen LogP contribution in [0.25, 0.3) is 0 Å². The molecule has 88 valence electrons. The van der Waals surface area contributed by atoms with Gasteiger partial charge in [-0.3, -0.25) is 4.79 Å². The largest absolute Gasteiger partial charge is 0.467 e. The van der Waals surface area contributed by atoms with Gasteiger partial charge in [0.2, 0.25) is 5.91 Å². The van der Waals surface area contributed by atoms with Gasteiger partial charge in [0.25, 0.3) is 0 Å². The molecule has 3 N–H and O–H groups in total. The highest BCUT2D eigenvalue weighted by atomic mass is 16.5. The molecule has 0 radical (unpaired) electrons. The molecule has 15 heavy (non-hydrogen) atoms. The van der Waals surface area contributed by atoms with E-state index in [4.69, 9.17) is 5.73 Å². The third-order valence-electron chi connectivity index (χ3n) is 2.08. The highest BCUT2D eigenvalue weighted by Gasteiger charge is 2.30. The molecule has 0 saturated carbocycles. The Morgan fingerprint density at radius 1 is 1.47 bits per heavy atom. The predicted molar refractivity (Wildman–Crippen MR) is 57.1 cm³/mol. The number of methoxy groups -OCH3 is 1. The van der Waals surface area contributed by atoms with Gasteiger partial charge in [-0.25, -0.2) is 4.79 Å². The lowest BCUT2D eigenvalue weighted by molar-refractivity contribution is -0.149. The lowest BCUT2D eigenvalue weighted by atomic mass is 10.0. The number of ether oxygens (including phenoxy) is 1. The van der Waals surface area contributed by atoms with Crippen LogP contribution in [-0.4, -0.2) is 31.1 Å². The minimum absolute atomic E-state index is 0.110. The molecular formula is C10H20N2O3. The Balaban J connectivity index is 4.22. The van der Waals surface area contributed by atoms with Gasteiger partial charge < -0.3 is 15.8 Å². The van der Waals surface area contributed by atoms with Crippen LogP contribution in [0.1, 0.15) is 27.2 Å². The maximum Gasteiger partial charge on any atom is 0.330 e. The van der Waals surface area contributed by atoms with E-state index in [1.807, 2.05) is 6.92 Å². The molecule has 0 heterocycles. The van der Waals surface area contributed by atoms with Gasteiger partial charge in [-0.15, -0.1) is 0 Å². The van der Waals surface area contributed by atoms with Crippen molar-refractivity contribution in [3.8, 4) is 0 Å². The number of nitrogens with one attached hydrogen (secondary N) is 1. The third kappa shape index (κ3) is 4.78. The molecule has 0 saturated heterocycles. The van der Waals surface area contributed by atoms with Gasteiger partial charge in [0.1, 0.15) is 5.54 Å². The van der Waals surface area contributed by atoms with Crippen molar-refractivity contribution in [1.29, 1.82) is 0 Å². The van der Waals surface area contributed by atoms with Crippen LogP contribution in [0.3, 0.4) is 0 Å². The summed E-state index contributed by atoms with van der Waals surface area (Å²) in [4.78, 5) is 22.7. The molecule has 0 aliphatic carbocycles. The van der Waals surface area contributed by atoms with Crippen LogP contribution in [0, 0.1) is 5.92 Å². The molecule has 0 aromatic rings. The summed E-state index contributed by atoms with van der Waals surface area (Å²) in [6.07, 6.45) is 0.316. The van der Waals surface area contributed by atoms with Gasteiger partial charge in [-0.2, -0.15) is 0 Å². The number of rotatable bonds is 5. The minimum atomic E-state index is -0.986. The first-order chi connectivity index (χ1) is 6.83. The summed E-state index contributed by atoms with van der Waals surface area (Å²) in [6.45, 7) is 5.53. The summed E-state index contributed by atoms with van der Waals surface area (Å²) in [5.41, 5.74) is 4.41. The van der Waals surface area contributed by atoms with E-state index in [1.54, 1.807) is 13.8 Å². The number of amides is 1. The highest BCUT2D eigenvalue weighted by molar-refractivity contribution is 5.87. The molecule has 0 spiro atoms. The van der Waals surface area contributed by atoms with Crippen molar-refractivity contribution >= 4 is 11.9 Å². The Labute approximate surface area is 90.4 Å². The summed E-state index contributed by atoms with van der Waals surface area (Å²) in [5, 5.41) is 2.60. The van der Waals surface area contributed by atoms with Gasteiger partial charge in [-0.1, -0.05) is 6.92 Å². The molecule has 1 unspecified atom stereocenters. The Kier molecular flexibility index (Phi) is 5.28. The molecule has 0 aromatic heterocycles. The van der Waals surface area contributed by atoms with Crippen molar-refractivity contribution in [2.45, 2.75) is 32.7 Å². The summed E-state index contributed by atoms with van der Waals surface area (Å²) < 4.78 is 4.57. The Morgan fingerprint density at radius 2 is 2.00 bits per heavy atom. The molecule has 1 amide bonds. The van der Waals surface area contributed by atoms with Gasteiger partial charge in [0, 0.05) is 6.42 Å². The second kappa shape index (κ2) is 5.70. The monoisotopic (exact) mass is 216 g/mol. The van der Waals surface area contributed by atoms with Gasteiger partial charge in [-0.05, 0) is 26.3 Å². The second-order valence-corrected chi connectivity index (χ2v) is 4.21. The van der Waals surface area contributed by atoms with Crippen molar-refractivity contribution in [3.05, 3.63) is 0 Å². The first kappa shape index (κ1) is 13.9. The van der Waals surface area contributed by atoms with Crippen LogP contribution >= 0.6 is 0 Å². The van der Waals surface area contributed by atoms with E-state index in [1.165, 1.54) is 7.11 Å². The normalized spacial score (nSPS) is 13.1. The molecule has 0 rings (SSSR count). The van der Waals surface area contributed by atoms with Gasteiger partial charge in [0.05, 0.1) is 7.11 Å². The summed E-state index contributed by atoms with van der Waals surface area (Å²) in [6, 6.07) is 0. The maximum atomic E-state index is 11.5. The number of carbonyl (C=O) groups excluding carboxylic acids is 2. The van der Waals surface area contributed by atoms with Crippen molar-refractivity contribution in [2.24, 2.45) is 11.7 Å². The SMILES string of the molecule is COC(=O)C(C)(C)NC(=O)CC(C)CN. The zero-order chi connectivity index (χ0) is 12.1. The summed E-state index contributed by atoms with van der Waals surface area (Å²) >= 11 is 0. The number of carbonyl (C=O) groups is 2. The van der Waals surface area contributed by atoms with Gasteiger partial charge >= 0.3 is 5.97 Å². The first-order valence-corrected chi connectivity index (χ1v) is 4.93. The molecule has 0 aliphatic heterocycles. The topological polar surface area (TPSA) is 81.4 Å². The lowest BCUT2D eigenvalue weighted by Gasteiger charge is -2.23. The predicted octanol–water partition coefficient (Wildman–Crippen LogP) is 0.0391. The van der Waals surface area contributed by atoms with E-state index in [9.17, 15) is 9.59 Å². The fourth-order valence-corrected chi connectivity index (χ4v) is 1.11. The fourth-order valence-electron chi connectivity index (χ4n) is 1.11. The average molecular weight is 216 g/mol. The quantitative estimate of drug-likeness (QED) is 0.636. The zero-order valence-electron chi connectivity index (χ0n) is 9.79. The average Bonchev–Trinajstić information content (AvgIpc) is 2.15. The lowest BCUT2D eigenvalue weighted by Crippen LogP contribution is -2.50.